The molecule has 1 heterocycles. The fourth-order valence-electron chi connectivity index (χ4n) is 1.82. The van der Waals surface area contributed by atoms with E-state index >= 15 is 0 Å². The van der Waals surface area contributed by atoms with E-state index in [-0.39, 0.29) is 0 Å². The summed E-state index contributed by atoms with van der Waals surface area (Å²) in [7, 11) is 1.74. The molecule has 0 radical (unpaired) electrons. The predicted octanol–water partition coefficient (Wildman–Crippen LogP) is 0.932. The van der Waals surface area contributed by atoms with Crippen molar-refractivity contribution in [1.29, 1.82) is 0 Å². The van der Waals surface area contributed by atoms with Crippen molar-refractivity contribution in [3.63, 3.8) is 0 Å². The number of nitrogens with one attached hydrogen (secondary N) is 1. The van der Waals surface area contributed by atoms with Gasteiger partial charge in [-0.05, 0) is 25.7 Å². The van der Waals surface area contributed by atoms with Crippen molar-refractivity contribution in [2.24, 2.45) is 0 Å². The first kappa shape index (κ1) is 9.44. The van der Waals surface area contributed by atoms with Crippen molar-refractivity contribution in [1.82, 2.24) is 5.32 Å². The van der Waals surface area contributed by atoms with Crippen LogP contribution in [0.1, 0.15) is 25.7 Å². The number of methoxy groups -OCH3 is 1. The molecule has 2 aliphatic rings. The summed E-state index contributed by atoms with van der Waals surface area (Å²) in [5, 5.41) is 3.50. The van der Waals surface area contributed by atoms with Crippen LogP contribution in [0.5, 0.6) is 0 Å². The molecule has 3 nitrogen and oxygen atoms in total. The molecule has 2 rings (SSSR count). The van der Waals surface area contributed by atoms with Gasteiger partial charge in [-0.15, -0.1) is 0 Å². The summed E-state index contributed by atoms with van der Waals surface area (Å²) in [4.78, 5) is 0. The third-order valence-corrected chi connectivity index (χ3v) is 2.76. The highest BCUT2D eigenvalue weighted by Crippen LogP contribution is 2.22. The highest BCUT2D eigenvalue weighted by molar-refractivity contribution is 4.83. The van der Waals surface area contributed by atoms with Crippen LogP contribution < -0.4 is 5.32 Å². The smallest absolute Gasteiger partial charge is 0.0813 e. The highest BCUT2D eigenvalue weighted by Gasteiger charge is 2.27. The fourth-order valence-corrected chi connectivity index (χ4v) is 1.82. The van der Waals surface area contributed by atoms with E-state index in [9.17, 15) is 0 Å². The van der Waals surface area contributed by atoms with Gasteiger partial charge in [0, 0.05) is 19.7 Å². The molecule has 3 heteroatoms. The van der Waals surface area contributed by atoms with Crippen LogP contribution in [-0.4, -0.2) is 38.5 Å². The second-order valence-electron chi connectivity index (χ2n) is 4.10. The molecule has 76 valence electrons. The fraction of sp³-hybridized carbons (Fsp3) is 1.00. The van der Waals surface area contributed by atoms with Gasteiger partial charge in [-0.1, -0.05) is 0 Å². The van der Waals surface area contributed by atoms with Gasteiger partial charge in [-0.3, -0.25) is 0 Å². The summed E-state index contributed by atoms with van der Waals surface area (Å²) in [6.45, 7) is 1.78. The topological polar surface area (TPSA) is 30.5 Å². The van der Waals surface area contributed by atoms with E-state index in [0.29, 0.717) is 12.2 Å². The minimum absolute atomic E-state index is 0.344. The molecule has 2 atom stereocenters. The third-order valence-electron chi connectivity index (χ3n) is 2.76. The van der Waals surface area contributed by atoms with Crippen molar-refractivity contribution in [3.05, 3.63) is 0 Å². The maximum Gasteiger partial charge on any atom is 0.0813 e. The predicted molar refractivity (Wildman–Crippen MR) is 50.8 cm³/mol. The second-order valence-corrected chi connectivity index (χ2v) is 4.10. The maximum atomic E-state index is 5.79. The van der Waals surface area contributed by atoms with Crippen LogP contribution in [0.4, 0.5) is 0 Å². The van der Waals surface area contributed by atoms with E-state index in [1.165, 1.54) is 19.3 Å². The standard InChI is InChI=1S/C10H19NO2/c1-12-7-10-5-4-9(13-10)6-11-8-2-3-8/h8-11H,2-7H2,1H3. The van der Waals surface area contributed by atoms with Crippen molar-refractivity contribution in [3.8, 4) is 0 Å². The van der Waals surface area contributed by atoms with Crippen LogP contribution >= 0.6 is 0 Å². The van der Waals surface area contributed by atoms with E-state index in [1.54, 1.807) is 7.11 Å². The molecule has 0 aromatic carbocycles. The molecule has 1 aliphatic carbocycles. The van der Waals surface area contributed by atoms with Crippen LogP contribution in [0.3, 0.4) is 0 Å². The second kappa shape index (κ2) is 4.40. The zero-order chi connectivity index (χ0) is 9.10. The molecule has 2 fully saturated rings. The van der Waals surface area contributed by atoms with Crippen LogP contribution in [0.15, 0.2) is 0 Å². The quantitative estimate of drug-likeness (QED) is 0.691. The van der Waals surface area contributed by atoms with Crippen LogP contribution in [0.25, 0.3) is 0 Å². The van der Waals surface area contributed by atoms with E-state index in [2.05, 4.69) is 5.32 Å². The molecule has 0 spiro atoms. The van der Waals surface area contributed by atoms with Gasteiger partial charge in [-0.2, -0.15) is 0 Å². The Morgan fingerprint density at radius 3 is 2.69 bits per heavy atom. The lowest BCUT2D eigenvalue weighted by atomic mass is 10.2. The molecule has 0 aromatic heterocycles. The first-order chi connectivity index (χ1) is 6.38. The lowest BCUT2D eigenvalue weighted by molar-refractivity contribution is -0.000814. The number of rotatable bonds is 5. The van der Waals surface area contributed by atoms with Crippen molar-refractivity contribution < 1.29 is 9.47 Å². The van der Waals surface area contributed by atoms with Gasteiger partial charge in [0.05, 0.1) is 18.8 Å². The molecular weight excluding hydrogens is 166 g/mol. The summed E-state index contributed by atoms with van der Waals surface area (Å²) in [6, 6.07) is 0.796. The van der Waals surface area contributed by atoms with E-state index < -0.39 is 0 Å². The Kier molecular flexibility index (Phi) is 3.19. The molecular formula is C10H19NO2. The molecule has 13 heavy (non-hydrogen) atoms. The Hall–Kier alpha value is -0.120. The highest BCUT2D eigenvalue weighted by atomic mass is 16.5. The summed E-state index contributed by atoms with van der Waals surface area (Å²) in [5.74, 6) is 0. The van der Waals surface area contributed by atoms with Crippen LogP contribution in [0, 0.1) is 0 Å². The van der Waals surface area contributed by atoms with Gasteiger partial charge < -0.3 is 14.8 Å². The minimum atomic E-state index is 0.344. The van der Waals surface area contributed by atoms with E-state index in [4.69, 9.17) is 9.47 Å². The van der Waals surface area contributed by atoms with Gasteiger partial charge in [0.2, 0.25) is 0 Å². The summed E-state index contributed by atoms with van der Waals surface area (Å²) in [5.41, 5.74) is 0. The van der Waals surface area contributed by atoms with E-state index in [0.717, 1.165) is 25.6 Å². The Morgan fingerprint density at radius 2 is 2.00 bits per heavy atom. The Balaban J connectivity index is 1.59. The largest absolute Gasteiger partial charge is 0.382 e. The molecule has 2 unspecified atom stereocenters. The van der Waals surface area contributed by atoms with Crippen molar-refractivity contribution in [2.45, 2.75) is 43.9 Å². The minimum Gasteiger partial charge on any atom is -0.382 e. The monoisotopic (exact) mass is 185 g/mol. The number of hydrogen-bond donors (Lipinski definition) is 1. The van der Waals surface area contributed by atoms with Crippen molar-refractivity contribution in [2.75, 3.05) is 20.3 Å². The average Bonchev–Trinajstić information content (AvgIpc) is 2.85. The van der Waals surface area contributed by atoms with Gasteiger partial charge in [-0.25, -0.2) is 0 Å². The average molecular weight is 185 g/mol. The summed E-state index contributed by atoms with van der Waals surface area (Å²) >= 11 is 0. The molecule has 1 aliphatic heterocycles. The van der Waals surface area contributed by atoms with Crippen LogP contribution in [0.2, 0.25) is 0 Å². The summed E-state index contributed by atoms with van der Waals surface area (Å²) < 4.78 is 10.9. The lowest BCUT2D eigenvalue weighted by Gasteiger charge is -2.13. The maximum absolute atomic E-state index is 5.79. The normalized spacial score (nSPS) is 33.9. The summed E-state index contributed by atoms with van der Waals surface area (Å²) in [6.07, 6.45) is 5.83. The first-order valence-corrected chi connectivity index (χ1v) is 5.26. The molecule has 0 bridgehead atoms. The Labute approximate surface area is 79.8 Å². The Bertz CT molecular complexity index is 159. The van der Waals surface area contributed by atoms with Gasteiger partial charge in [0.25, 0.3) is 0 Å². The lowest BCUT2D eigenvalue weighted by Crippen LogP contribution is -2.29. The zero-order valence-electron chi connectivity index (χ0n) is 8.29. The van der Waals surface area contributed by atoms with Gasteiger partial charge in [0.1, 0.15) is 0 Å². The van der Waals surface area contributed by atoms with E-state index in [1.807, 2.05) is 0 Å². The van der Waals surface area contributed by atoms with Crippen LogP contribution in [-0.2, 0) is 9.47 Å². The molecule has 0 amide bonds. The van der Waals surface area contributed by atoms with Gasteiger partial charge >= 0.3 is 0 Å². The number of hydrogen-bond acceptors (Lipinski definition) is 3. The molecule has 1 N–H and O–H groups in total. The van der Waals surface area contributed by atoms with Gasteiger partial charge in [0.15, 0.2) is 0 Å². The molecule has 1 saturated heterocycles. The Morgan fingerprint density at radius 1 is 1.23 bits per heavy atom. The zero-order valence-corrected chi connectivity index (χ0v) is 8.29. The molecule has 0 aromatic rings. The third kappa shape index (κ3) is 2.93. The molecule has 1 saturated carbocycles. The van der Waals surface area contributed by atoms with Crippen molar-refractivity contribution >= 4 is 0 Å². The first-order valence-electron chi connectivity index (χ1n) is 5.26. The number of ether oxygens (including phenoxy) is 2. The SMILES string of the molecule is COCC1CCC(CNC2CC2)O1.